The summed E-state index contributed by atoms with van der Waals surface area (Å²) in [6, 6.07) is 7.79. The van der Waals surface area contributed by atoms with Gasteiger partial charge in [0.2, 0.25) is 5.91 Å². The second-order valence-electron chi connectivity index (χ2n) is 5.33. The average Bonchev–Trinajstić information content (AvgIpc) is 2.48. The standard InChI is InChI=1S/C15H18N2O3S/c18-14(19)9-12-15(20)16-6-7-17(12)11-5-8-21-13-4-2-1-3-10(11)13/h1-4,11-12H,5-9H2,(H,16,20)(H,18,19). The fourth-order valence-electron chi connectivity index (χ4n) is 3.15. The Morgan fingerprint density at radius 2 is 2.24 bits per heavy atom. The van der Waals surface area contributed by atoms with E-state index < -0.39 is 12.0 Å². The van der Waals surface area contributed by atoms with Crippen molar-refractivity contribution in [3.05, 3.63) is 29.8 Å². The molecule has 1 amide bonds. The Morgan fingerprint density at radius 3 is 3.05 bits per heavy atom. The molecule has 6 heteroatoms. The third kappa shape index (κ3) is 2.91. The van der Waals surface area contributed by atoms with Crippen LogP contribution in [0.3, 0.4) is 0 Å². The minimum absolute atomic E-state index is 0.137. The fraction of sp³-hybridized carbons (Fsp3) is 0.467. The monoisotopic (exact) mass is 306 g/mol. The highest BCUT2D eigenvalue weighted by Crippen LogP contribution is 2.40. The molecule has 2 heterocycles. The van der Waals surface area contributed by atoms with Crippen molar-refractivity contribution < 1.29 is 14.7 Å². The van der Waals surface area contributed by atoms with Crippen molar-refractivity contribution in [2.24, 2.45) is 0 Å². The van der Waals surface area contributed by atoms with Gasteiger partial charge in [-0.15, -0.1) is 11.8 Å². The van der Waals surface area contributed by atoms with E-state index in [1.54, 1.807) is 0 Å². The van der Waals surface area contributed by atoms with Gasteiger partial charge in [0, 0.05) is 24.0 Å². The molecule has 112 valence electrons. The van der Waals surface area contributed by atoms with Crippen molar-refractivity contribution in [1.29, 1.82) is 0 Å². The summed E-state index contributed by atoms with van der Waals surface area (Å²) in [6.07, 6.45) is 0.808. The number of nitrogens with zero attached hydrogens (tertiary/aromatic N) is 1. The number of nitrogens with one attached hydrogen (secondary N) is 1. The number of rotatable bonds is 3. The summed E-state index contributed by atoms with van der Waals surface area (Å²) in [5, 5.41) is 11.9. The molecule has 5 nitrogen and oxygen atoms in total. The summed E-state index contributed by atoms with van der Waals surface area (Å²) in [4.78, 5) is 26.5. The maximum absolute atomic E-state index is 12.1. The highest BCUT2D eigenvalue weighted by Gasteiger charge is 2.37. The number of thioether (sulfide) groups is 1. The number of piperazine rings is 1. The second kappa shape index (κ2) is 6.07. The summed E-state index contributed by atoms with van der Waals surface area (Å²) in [5.41, 5.74) is 1.22. The molecule has 0 spiro atoms. The predicted octanol–water partition coefficient (Wildman–Crippen LogP) is 1.50. The van der Waals surface area contributed by atoms with Crippen LogP contribution in [-0.4, -0.2) is 46.8 Å². The first kappa shape index (κ1) is 14.4. The van der Waals surface area contributed by atoms with Crippen molar-refractivity contribution in [3.63, 3.8) is 0 Å². The van der Waals surface area contributed by atoms with Crippen molar-refractivity contribution in [2.75, 3.05) is 18.8 Å². The predicted molar refractivity (Wildman–Crippen MR) is 80.3 cm³/mol. The Balaban J connectivity index is 1.90. The Kier molecular flexibility index (Phi) is 4.17. The molecule has 0 aliphatic carbocycles. The molecule has 1 aromatic carbocycles. The number of carbonyl (C=O) groups is 2. The first-order valence-corrected chi connectivity index (χ1v) is 8.12. The van der Waals surface area contributed by atoms with Crippen LogP contribution in [0.1, 0.15) is 24.4 Å². The van der Waals surface area contributed by atoms with E-state index in [-0.39, 0.29) is 18.4 Å². The SMILES string of the molecule is O=C(O)CC1C(=O)NCCN1C1CCSc2ccccc21. The van der Waals surface area contributed by atoms with Crippen LogP contribution in [0.15, 0.2) is 29.2 Å². The van der Waals surface area contributed by atoms with Crippen molar-refractivity contribution in [1.82, 2.24) is 10.2 Å². The molecule has 21 heavy (non-hydrogen) atoms. The number of aliphatic carboxylic acids is 1. The summed E-state index contributed by atoms with van der Waals surface area (Å²) in [6.45, 7) is 1.29. The quantitative estimate of drug-likeness (QED) is 0.885. The minimum atomic E-state index is -0.930. The highest BCUT2D eigenvalue weighted by atomic mass is 32.2. The van der Waals surface area contributed by atoms with Crippen molar-refractivity contribution >= 4 is 23.6 Å². The number of carboxylic acid groups (broad SMARTS) is 1. The normalized spacial score (nSPS) is 26.0. The molecule has 1 aromatic rings. The van der Waals surface area contributed by atoms with Gasteiger partial charge in [0.05, 0.1) is 6.42 Å². The zero-order valence-electron chi connectivity index (χ0n) is 11.6. The van der Waals surface area contributed by atoms with Crippen LogP contribution in [0, 0.1) is 0 Å². The molecule has 2 aliphatic heterocycles. The van der Waals surface area contributed by atoms with Gasteiger partial charge in [-0.1, -0.05) is 18.2 Å². The van der Waals surface area contributed by atoms with E-state index in [2.05, 4.69) is 22.3 Å². The molecule has 0 aromatic heterocycles. The molecule has 2 unspecified atom stereocenters. The molecule has 0 radical (unpaired) electrons. The lowest BCUT2D eigenvalue weighted by Gasteiger charge is -2.42. The summed E-state index contributed by atoms with van der Waals surface area (Å²) in [7, 11) is 0. The van der Waals surface area contributed by atoms with Crippen LogP contribution in [0.5, 0.6) is 0 Å². The van der Waals surface area contributed by atoms with Gasteiger partial charge in [-0.25, -0.2) is 0 Å². The maximum atomic E-state index is 12.1. The number of carboxylic acids is 1. The number of benzene rings is 1. The van der Waals surface area contributed by atoms with E-state index in [9.17, 15) is 9.59 Å². The Bertz CT molecular complexity index is 564. The Morgan fingerprint density at radius 1 is 1.43 bits per heavy atom. The van der Waals surface area contributed by atoms with Gasteiger partial charge >= 0.3 is 5.97 Å². The molecule has 1 fully saturated rings. The Labute approximate surface area is 127 Å². The second-order valence-corrected chi connectivity index (χ2v) is 6.47. The third-order valence-corrected chi connectivity index (χ3v) is 5.19. The molecule has 0 saturated carbocycles. The van der Waals surface area contributed by atoms with Crippen LogP contribution >= 0.6 is 11.8 Å². The smallest absolute Gasteiger partial charge is 0.305 e. The molecule has 0 bridgehead atoms. The highest BCUT2D eigenvalue weighted by molar-refractivity contribution is 7.99. The lowest BCUT2D eigenvalue weighted by Crippen LogP contribution is -2.57. The maximum Gasteiger partial charge on any atom is 0.305 e. The lowest BCUT2D eigenvalue weighted by atomic mass is 9.97. The zero-order valence-corrected chi connectivity index (χ0v) is 12.4. The summed E-state index contributed by atoms with van der Waals surface area (Å²) < 4.78 is 0. The molecule has 2 atom stereocenters. The lowest BCUT2D eigenvalue weighted by molar-refractivity contribution is -0.144. The zero-order chi connectivity index (χ0) is 14.8. The summed E-state index contributed by atoms with van der Waals surface area (Å²) >= 11 is 1.83. The number of fused-ring (bicyclic) bond motifs is 1. The van der Waals surface area contributed by atoms with E-state index in [0.717, 1.165) is 12.2 Å². The molecule has 3 rings (SSSR count). The van der Waals surface area contributed by atoms with E-state index >= 15 is 0 Å². The van der Waals surface area contributed by atoms with Crippen LogP contribution in [0.4, 0.5) is 0 Å². The van der Waals surface area contributed by atoms with E-state index in [4.69, 9.17) is 5.11 Å². The number of hydrogen-bond donors (Lipinski definition) is 2. The first-order valence-electron chi connectivity index (χ1n) is 7.14. The minimum Gasteiger partial charge on any atom is -0.481 e. The molecular weight excluding hydrogens is 288 g/mol. The van der Waals surface area contributed by atoms with Gasteiger partial charge in [0.25, 0.3) is 0 Å². The topological polar surface area (TPSA) is 69.6 Å². The van der Waals surface area contributed by atoms with Gasteiger partial charge < -0.3 is 10.4 Å². The van der Waals surface area contributed by atoms with E-state index in [1.165, 1.54) is 10.5 Å². The Hall–Kier alpha value is -1.53. The third-order valence-electron chi connectivity index (χ3n) is 4.07. The number of hydrogen-bond acceptors (Lipinski definition) is 4. The van der Waals surface area contributed by atoms with Crippen LogP contribution < -0.4 is 5.32 Å². The van der Waals surface area contributed by atoms with E-state index in [0.29, 0.717) is 13.1 Å². The first-order chi connectivity index (χ1) is 10.2. The molecular formula is C15H18N2O3S. The fourth-order valence-corrected chi connectivity index (χ4v) is 4.26. The number of amides is 1. The molecule has 2 aliphatic rings. The van der Waals surface area contributed by atoms with Crippen molar-refractivity contribution in [2.45, 2.75) is 29.8 Å². The van der Waals surface area contributed by atoms with Gasteiger partial charge in [-0.3, -0.25) is 14.5 Å². The molecule has 1 saturated heterocycles. The summed E-state index contributed by atoms with van der Waals surface area (Å²) in [5.74, 6) is -0.0977. The van der Waals surface area contributed by atoms with Crippen molar-refractivity contribution in [3.8, 4) is 0 Å². The van der Waals surface area contributed by atoms with Crippen LogP contribution in [-0.2, 0) is 9.59 Å². The van der Waals surface area contributed by atoms with Gasteiger partial charge in [0.1, 0.15) is 6.04 Å². The van der Waals surface area contributed by atoms with Crippen LogP contribution in [0.2, 0.25) is 0 Å². The molecule has 2 N–H and O–H groups in total. The van der Waals surface area contributed by atoms with Gasteiger partial charge in [-0.05, 0) is 23.8 Å². The van der Waals surface area contributed by atoms with Gasteiger partial charge in [-0.2, -0.15) is 0 Å². The number of carbonyl (C=O) groups excluding carboxylic acids is 1. The largest absolute Gasteiger partial charge is 0.481 e. The van der Waals surface area contributed by atoms with Crippen LogP contribution in [0.25, 0.3) is 0 Å². The average molecular weight is 306 g/mol. The van der Waals surface area contributed by atoms with Gasteiger partial charge in [0.15, 0.2) is 0 Å². The van der Waals surface area contributed by atoms with E-state index in [1.807, 2.05) is 23.9 Å².